The van der Waals surface area contributed by atoms with Crippen molar-refractivity contribution in [3.8, 4) is 0 Å². The van der Waals surface area contributed by atoms with E-state index < -0.39 is 34.5 Å². The third-order valence-corrected chi connectivity index (χ3v) is 4.92. The predicted octanol–water partition coefficient (Wildman–Crippen LogP) is 1.03. The zero-order valence-electron chi connectivity index (χ0n) is 12.7. The Labute approximate surface area is 127 Å². The molecule has 2 N–H and O–H groups in total. The average Bonchev–Trinajstić information content (AvgIpc) is 2.52. The van der Waals surface area contributed by atoms with Crippen LogP contribution in [-0.4, -0.2) is 55.8 Å². The molecule has 0 aromatic rings. The van der Waals surface area contributed by atoms with Gasteiger partial charge in [0.15, 0.2) is 0 Å². The Morgan fingerprint density at radius 2 is 1.95 bits per heavy atom. The molecule has 2 aliphatic heterocycles. The summed E-state index contributed by atoms with van der Waals surface area (Å²) in [5.41, 5.74) is -0.651. The summed E-state index contributed by atoms with van der Waals surface area (Å²) in [4.78, 5) is 36.5. The van der Waals surface area contributed by atoms with E-state index in [9.17, 15) is 19.5 Å². The number of hydrogen-bond donors (Lipinski definition) is 2. The summed E-state index contributed by atoms with van der Waals surface area (Å²) in [6.07, 6.45) is -0.669. The number of thioether (sulfide) groups is 1. The van der Waals surface area contributed by atoms with Crippen LogP contribution in [0.15, 0.2) is 0 Å². The molecule has 7 nitrogen and oxygen atoms in total. The molecule has 8 heteroatoms. The van der Waals surface area contributed by atoms with Gasteiger partial charge < -0.3 is 20.1 Å². The van der Waals surface area contributed by atoms with Crippen molar-refractivity contribution in [2.24, 2.45) is 0 Å². The largest absolute Gasteiger partial charge is 0.480 e. The maximum Gasteiger partial charge on any atom is 0.408 e. The third-order valence-electron chi connectivity index (χ3n) is 3.35. The van der Waals surface area contributed by atoms with E-state index in [0.717, 1.165) is 0 Å². The quantitative estimate of drug-likeness (QED) is 0.739. The average molecular weight is 316 g/mol. The number of hydrogen-bond acceptors (Lipinski definition) is 5. The molecule has 2 fully saturated rings. The smallest absolute Gasteiger partial charge is 0.408 e. The van der Waals surface area contributed by atoms with Crippen LogP contribution in [0.5, 0.6) is 0 Å². The molecule has 0 saturated carbocycles. The first-order chi connectivity index (χ1) is 9.44. The van der Waals surface area contributed by atoms with Crippen LogP contribution in [0, 0.1) is 0 Å². The highest BCUT2D eigenvalue weighted by Crippen LogP contribution is 2.50. The fourth-order valence-corrected chi connectivity index (χ4v) is 4.21. The van der Waals surface area contributed by atoms with E-state index in [1.165, 1.54) is 16.7 Å². The molecule has 118 valence electrons. The molecule has 2 saturated heterocycles. The Balaban J connectivity index is 2.06. The molecule has 3 atom stereocenters. The van der Waals surface area contributed by atoms with Crippen LogP contribution in [0.1, 0.15) is 34.6 Å². The number of β-lactam (4-membered cyclic amide) rings is 1. The minimum atomic E-state index is -1.03. The zero-order valence-corrected chi connectivity index (χ0v) is 13.5. The molecular formula is C13H20N2O5S. The minimum Gasteiger partial charge on any atom is -0.480 e. The van der Waals surface area contributed by atoms with E-state index in [0.29, 0.717) is 0 Å². The monoisotopic (exact) mass is 316 g/mol. The van der Waals surface area contributed by atoms with Crippen molar-refractivity contribution in [2.45, 2.75) is 62.4 Å². The van der Waals surface area contributed by atoms with Gasteiger partial charge in [0.2, 0.25) is 5.91 Å². The molecule has 2 aliphatic rings. The van der Waals surface area contributed by atoms with E-state index in [1.807, 2.05) is 0 Å². The lowest BCUT2D eigenvalue weighted by atomic mass is 9.96. The lowest BCUT2D eigenvalue weighted by Gasteiger charge is -2.43. The van der Waals surface area contributed by atoms with Gasteiger partial charge in [0, 0.05) is 4.75 Å². The van der Waals surface area contributed by atoms with Crippen LogP contribution < -0.4 is 5.32 Å². The molecule has 2 heterocycles. The highest BCUT2D eigenvalue weighted by Gasteiger charge is 2.64. The number of alkyl carbamates (subject to hydrolysis) is 1. The Morgan fingerprint density at radius 1 is 1.38 bits per heavy atom. The van der Waals surface area contributed by atoms with Gasteiger partial charge in [0.25, 0.3) is 0 Å². The molecule has 0 aliphatic carbocycles. The second-order valence-corrected chi connectivity index (χ2v) is 8.49. The summed E-state index contributed by atoms with van der Waals surface area (Å²) >= 11 is 1.38. The summed E-state index contributed by atoms with van der Waals surface area (Å²) in [7, 11) is 0. The Morgan fingerprint density at radius 3 is 2.43 bits per heavy atom. The molecule has 0 spiro atoms. The van der Waals surface area contributed by atoms with E-state index in [4.69, 9.17) is 4.74 Å². The van der Waals surface area contributed by atoms with Crippen molar-refractivity contribution >= 4 is 29.7 Å². The Hall–Kier alpha value is -1.44. The summed E-state index contributed by atoms with van der Waals surface area (Å²) in [6, 6.07) is -1.61. The van der Waals surface area contributed by atoms with Crippen LogP contribution in [0.3, 0.4) is 0 Å². The second kappa shape index (κ2) is 4.79. The third kappa shape index (κ3) is 2.81. The van der Waals surface area contributed by atoms with E-state index in [-0.39, 0.29) is 11.3 Å². The number of nitrogens with one attached hydrogen (secondary N) is 1. The topological polar surface area (TPSA) is 95.9 Å². The number of carbonyl (C=O) groups excluding carboxylic acids is 2. The van der Waals surface area contributed by atoms with Gasteiger partial charge in [-0.3, -0.25) is 4.79 Å². The number of carboxylic acid groups (broad SMARTS) is 1. The van der Waals surface area contributed by atoms with Gasteiger partial charge in [-0.05, 0) is 34.6 Å². The first kappa shape index (κ1) is 15.9. The molecular weight excluding hydrogens is 296 g/mol. The lowest BCUT2D eigenvalue weighted by molar-refractivity contribution is -0.160. The maximum atomic E-state index is 12.1. The van der Waals surface area contributed by atoms with Crippen LogP contribution in [0.4, 0.5) is 4.79 Å². The summed E-state index contributed by atoms with van der Waals surface area (Å²) in [5, 5.41) is 11.5. The van der Waals surface area contributed by atoms with E-state index in [2.05, 4.69) is 5.32 Å². The number of rotatable bonds is 2. The molecule has 21 heavy (non-hydrogen) atoms. The van der Waals surface area contributed by atoms with Gasteiger partial charge in [-0.2, -0.15) is 0 Å². The number of aliphatic carboxylic acids is 1. The van der Waals surface area contributed by atoms with Gasteiger partial charge in [-0.15, -0.1) is 11.8 Å². The zero-order chi connectivity index (χ0) is 16.2. The summed E-state index contributed by atoms with van der Waals surface area (Å²) in [6.45, 7) is 8.76. The predicted molar refractivity (Wildman–Crippen MR) is 76.9 cm³/mol. The van der Waals surface area contributed by atoms with Crippen molar-refractivity contribution in [3.05, 3.63) is 0 Å². The second-order valence-electron chi connectivity index (χ2n) is 6.72. The molecule has 0 aromatic carbocycles. The van der Waals surface area contributed by atoms with Crippen molar-refractivity contribution in [1.82, 2.24) is 10.2 Å². The van der Waals surface area contributed by atoms with Crippen molar-refractivity contribution < 1.29 is 24.2 Å². The number of carbonyl (C=O) groups is 3. The van der Waals surface area contributed by atoms with Crippen molar-refractivity contribution in [1.29, 1.82) is 0 Å². The summed E-state index contributed by atoms with van der Waals surface area (Å²) in [5.74, 6) is -1.41. The van der Waals surface area contributed by atoms with Crippen LogP contribution in [0.2, 0.25) is 0 Å². The standard InChI is InChI=1S/C13H20N2O5S/c1-12(2,3)20-11(19)14-6-8(16)15-7(10(17)18)13(4,5)21-9(6)15/h6-7,9H,1-5H3,(H,14,19)(H,17,18)/t6-,7+,9-/m1/s1. The number of ether oxygens (including phenoxy) is 1. The minimum absolute atomic E-state index is 0.360. The summed E-state index contributed by atoms with van der Waals surface area (Å²) < 4.78 is 4.52. The number of fused-ring (bicyclic) bond motifs is 1. The molecule has 0 bridgehead atoms. The fourth-order valence-electron chi connectivity index (χ4n) is 2.58. The first-order valence-corrected chi connectivity index (χ1v) is 7.54. The molecule has 2 amide bonds. The Bertz CT molecular complexity index is 499. The fraction of sp³-hybridized carbons (Fsp3) is 0.769. The van der Waals surface area contributed by atoms with E-state index >= 15 is 0 Å². The molecule has 2 rings (SSSR count). The molecule has 0 unspecified atom stereocenters. The van der Waals surface area contributed by atoms with Gasteiger partial charge in [0.1, 0.15) is 23.1 Å². The van der Waals surface area contributed by atoms with Crippen molar-refractivity contribution in [2.75, 3.05) is 0 Å². The number of amides is 2. The molecule has 0 aromatic heterocycles. The van der Waals surface area contributed by atoms with Gasteiger partial charge in [0.05, 0.1) is 0 Å². The normalized spacial score (nSPS) is 30.4. The SMILES string of the molecule is CC(C)(C)OC(=O)N[C@@H]1C(=O)N2[C@@H]1SC(C)(C)[C@@H]2C(=O)O. The molecule has 0 radical (unpaired) electrons. The van der Waals surface area contributed by atoms with Gasteiger partial charge >= 0.3 is 12.1 Å². The van der Waals surface area contributed by atoms with Gasteiger partial charge in [-0.25, -0.2) is 9.59 Å². The number of carboxylic acids is 1. The van der Waals surface area contributed by atoms with Crippen LogP contribution in [0.25, 0.3) is 0 Å². The maximum absolute atomic E-state index is 12.1. The van der Waals surface area contributed by atoms with E-state index in [1.54, 1.807) is 34.6 Å². The van der Waals surface area contributed by atoms with Crippen LogP contribution in [-0.2, 0) is 14.3 Å². The van der Waals surface area contributed by atoms with Gasteiger partial charge in [-0.1, -0.05) is 0 Å². The number of nitrogens with zero attached hydrogens (tertiary/aromatic N) is 1. The van der Waals surface area contributed by atoms with Crippen LogP contribution >= 0.6 is 11.8 Å². The Kier molecular flexibility index (Phi) is 3.64. The highest BCUT2D eigenvalue weighted by molar-refractivity contribution is 8.01. The first-order valence-electron chi connectivity index (χ1n) is 6.66. The lowest BCUT2D eigenvalue weighted by Crippen LogP contribution is -2.70. The van der Waals surface area contributed by atoms with Crippen molar-refractivity contribution in [3.63, 3.8) is 0 Å². The highest BCUT2D eigenvalue weighted by atomic mass is 32.2.